The monoisotopic (exact) mass is 547 g/mol. The van der Waals surface area contributed by atoms with Crippen LogP contribution in [0.25, 0.3) is 0 Å². The van der Waals surface area contributed by atoms with Crippen molar-refractivity contribution < 1.29 is 22.8 Å². The topological polar surface area (TPSA) is 122 Å². The van der Waals surface area contributed by atoms with E-state index in [1.165, 1.54) is 23.5 Å². The lowest BCUT2D eigenvalue weighted by Crippen LogP contribution is -2.53. The van der Waals surface area contributed by atoms with Gasteiger partial charge in [-0.3, -0.25) is 15.0 Å². The van der Waals surface area contributed by atoms with Gasteiger partial charge in [-0.15, -0.1) is 11.3 Å². The molecular formula is C25H33N5O5S2. The van der Waals surface area contributed by atoms with E-state index in [2.05, 4.69) is 39.5 Å². The molecule has 0 unspecified atom stereocenters. The molecule has 0 bridgehead atoms. The summed E-state index contributed by atoms with van der Waals surface area (Å²) in [6, 6.07) is 7.10. The van der Waals surface area contributed by atoms with Crippen molar-refractivity contribution in [1.82, 2.24) is 15.2 Å². The number of sulfone groups is 1. The van der Waals surface area contributed by atoms with Crippen molar-refractivity contribution in [3.63, 3.8) is 0 Å². The van der Waals surface area contributed by atoms with E-state index in [1.54, 1.807) is 18.3 Å². The first-order valence-electron chi connectivity index (χ1n) is 12.7. The second-order valence-corrected chi connectivity index (χ2v) is 13.4. The summed E-state index contributed by atoms with van der Waals surface area (Å²) in [6.07, 6.45) is 3.64. The smallest absolute Gasteiger partial charge is 0.280 e. The Labute approximate surface area is 221 Å². The fourth-order valence-electron chi connectivity index (χ4n) is 4.71. The highest BCUT2D eigenvalue weighted by atomic mass is 32.2. The molecule has 2 saturated heterocycles. The summed E-state index contributed by atoms with van der Waals surface area (Å²) < 4.78 is 30.5. The summed E-state index contributed by atoms with van der Waals surface area (Å²) >= 11 is 1.43. The Bertz CT molecular complexity index is 1230. The molecular weight excluding hydrogens is 514 g/mol. The van der Waals surface area contributed by atoms with E-state index in [4.69, 9.17) is 9.57 Å². The molecule has 3 heterocycles. The van der Waals surface area contributed by atoms with E-state index in [9.17, 15) is 13.2 Å². The van der Waals surface area contributed by atoms with E-state index in [0.29, 0.717) is 55.3 Å². The number of nitrogens with zero attached hydrogens (tertiary/aromatic N) is 3. The number of hydrogen-bond acceptors (Lipinski definition) is 10. The van der Waals surface area contributed by atoms with E-state index in [0.717, 1.165) is 24.5 Å². The van der Waals surface area contributed by atoms with Crippen LogP contribution in [0.4, 0.5) is 5.13 Å². The van der Waals surface area contributed by atoms with E-state index in [-0.39, 0.29) is 22.0 Å². The molecule has 37 heavy (non-hydrogen) atoms. The number of thiazole rings is 1. The molecule has 2 N–H and O–H groups in total. The fraction of sp³-hybridized carbons (Fsp3) is 0.560. The largest absolute Gasteiger partial charge is 0.389 e. The van der Waals surface area contributed by atoms with Crippen LogP contribution in [0.15, 0.2) is 40.5 Å². The maximum Gasteiger partial charge on any atom is 0.280 e. The highest BCUT2D eigenvalue weighted by Crippen LogP contribution is 2.33. The van der Waals surface area contributed by atoms with Crippen molar-refractivity contribution in [3.8, 4) is 0 Å². The summed E-state index contributed by atoms with van der Waals surface area (Å²) in [5, 5.41) is 10.7. The van der Waals surface area contributed by atoms with Crippen LogP contribution >= 0.6 is 11.3 Å². The number of oxime groups is 1. The predicted octanol–water partition coefficient (Wildman–Crippen LogP) is 2.41. The van der Waals surface area contributed by atoms with Crippen LogP contribution in [0.2, 0.25) is 0 Å². The van der Waals surface area contributed by atoms with Crippen LogP contribution < -0.4 is 10.6 Å². The zero-order chi connectivity index (χ0) is 26.0. The second-order valence-electron chi connectivity index (χ2n) is 10.0. The Morgan fingerprint density at radius 2 is 1.95 bits per heavy atom. The van der Waals surface area contributed by atoms with Crippen molar-refractivity contribution in [1.29, 1.82) is 0 Å². The van der Waals surface area contributed by atoms with Crippen LogP contribution in [-0.2, 0) is 30.8 Å². The van der Waals surface area contributed by atoms with Gasteiger partial charge in [-0.1, -0.05) is 17.3 Å². The van der Waals surface area contributed by atoms with Gasteiger partial charge in [-0.25, -0.2) is 13.4 Å². The molecule has 12 heteroatoms. The Morgan fingerprint density at radius 1 is 1.22 bits per heavy atom. The summed E-state index contributed by atoms with van der Waals surface area (Å²) in [5.41, 5.74) is 0.524. The van der Waals surface area contributed by atoms with Gasteiger partial charge in [0, 0.05) is 54.8 Å². The van der Waals surface area contributed by atoms with Crippen molar-refractivity contribution in [2.45, 2.75) is 68.0 Å². The van der Waals surface area contributed by atoms with Crippen molar-refractivity contribution in [2.24, 2.45) is 5.16 Å². The van der Waals surface area contributed by atoms with Gasteiger partial charge >= 0.3 is 0 Å². The van der Waals surface area contributed by atoms with Gasteiger partial charge in [-0.2, -0.15) is 0 Å². The maximum atomic E-state index is 13.3. The average Bonchev–Trinajstić information content (AvgIpc) is 3.44. The summed E-state index contributed by atoms with van der Waals surface area (Å²) in [6.45, 7) is 8.03. The van der Waals surface area contributed by atoms with Gasteiger partial charge in [0.05, 0.1) is 23.4 Å². The van der Waals surface area contributed by atoms with Crippen molar-refractivity contribution in [3.05, 3.63) is 40.9 Å². The summed E-state index contributed by atoms with van der Waals surface area (Å²) in [4.78, 5) is 27.0. The van der Waals surface area contributed by atoms with Crippen LogP contribution in [0.1, 0.15) is 43.6 Å². The standard InChI is InChI=1S/C25H33N5O5S2/c1-16-12-30(13-17(2)27-16)14-20-11-26-25(36-20)28-24(31)23(29-35-19-9-10-34-15-19)18-3-5-21(6-4-18)37(32,33)22-7-8-22/h3-6,11,16-17,19,22,27H,7-10,12-15H2,1-2H3,(H,26,28,31)/t16-,17+,19-/m1/s1. The fourth-order valence-corrected chi connectivity index (χ4v) is 7.21. The number of benzene rings is 1. The Kier molecular flexibility index (Phi) is 7.91. The number of nitrogens with one attached hydrogen (secondary N) is 2. The number of aromatic nitrogens is 1. The number of ether oxygens (including phenoxy) is 1. The van der Waals surface area contributed by atoms with Crippen LogP contribution in [-0.4, -0.2) is 79.7 Å². The first kappa shape index (κ1) is 26.2. The van der Waals surface area contributed by atoms with Crippen molar-refractivity contribution >= 4 is 37.9 Å². The molecule has 1 saturated carbocycles. The minimum Gasteiger partial charge on any atom is -0.389 e. The Morgan fingerprint density at radius 3 is 2.59 bits per heavy atom. The number of carbonyl (C=O) groups excluding carboxylic acids is 1. The van der Waals surface area contributed by atoms with Crippen LogP contribution in [0.5, 0.6) is 0 Å². The molecule has 0 spiro atoms. The SMILES string of the molecule is C[C@@H]1CN(Cc2cnc(NC(=O)C(=NO[C@@H]3CCOC3)c3ccc(S(=O)(=O)C4CC4)cc3)s2)C[C@H](C)N1. The molecule has 200 valence electrons. The third kappa shape index (κ3) is 6.55. The molecule has 1 aromatic carbocycles. The number of piperazine rings is 1. The lowest BCUT2D eigenvalue weighted by Gasteiger charge is -2.35. The third-order valence-corrected chi connectivity index (χ3v) is 9.78. The minimum absolute atomic E-state index is 0.0591. The highest BCUT2D eigenvalue weighted by molar-refractivity contribution is 7.92. The molecule has 10 nitrogen and oxygen atoms in total. The van der Waals surface area contributed by atoms with Gasteiger partial charge in [0.2, 0.25) is 0 Å². The molecule has 3 fully saturated rings. The molecule has 3 atom stereocenters. The maximum absolute atomic E-state index is 13.3. The van der Waals surface area contributed by atoms with Gasteiger partial charge in [0.15, 0.2) is 26.8 Å². The van der Waals surface area contributed by atoms with E-state index < -0.39 is 15.7 Å². The molecule has 0 radical (unpaired) electrons. The van der Waals surface area contributed by atoms with Crippen LogP contribution in [0.3, 0.4) is 0 Å². The van der Waals surface area contributed by atoms with E-state index >= 15 is 0 Å². The van der Waals surface area contributed by atoms with Gasteiger partial charge < -0.3 is 14.9 Å². The van der Waals surface area contributed by atoms with Gasteiger partial charge in [0.25, 0.3) is 5.91 Å². The highest BCUT2D eigenvalue weighted by Gasteiger charge is 2.37. The Balaban J connectivity index is 1.30. The number of hydrogen-bond donors (Lipinski definition) is 2. The quantitative estimate of drug-likeness (QED) is 0.363. The summed E-state index contributed by atoms with van der Waals surface area (Å²) in [7, 11) is -3.32. The number of amides is 1. The number of carbonyl (C=O) groups is 1. The van der Waals surface area contributed by atoms with Gasteiger partial charge in [-0.05, 0) is 38.8 Å². The third-order valence-electron chi connectivity index (χ3n) is 6.60. The first-order valence-corrected chi connectivity index (χ1v) is 15.0. The van der Waals surface area contributed by atoms with Gasteiger partial charge in [0.1, 0.15) is 0 Å². The van der Waals surface area contributed by atoms with E-state index in [1.807, 2.05) is 0 Å². The molecule has 2 aliphatic heterocycles. The zero-order valence-electron chi connectivity index (χ0n) is 21.1. The van der Waals surface area contributed by atoms with Crippen LogP contribution in [0, 0.1) is 0 Å². The molecule has 1 aliphatic carbocycles. The lowest BCUT2D eigenvalue weighted by atomic mass is 10.1. The number of anilines is 1. The Hall–Kier alpha value is -2.38. The second kappa shape index (κ2) is 11.2. The number of rotatable bonds is 9. The molecule has 3 aliphatic rings. The molecule has 5 rings (SSSR count). The van der Waals surface area contributed by atoms with Crippen molar-refractivity contribution in [2.75, 3.05) is 31.6 Å². The molecule has 1 aromatic heterocycles. The minimum atomic E-state index is -3.32. The molecule has 1 amide bonds. The molecule has 2 aromatic rings. The zero-order valence-corrected chi connectivity index (χ0v) is 22.7. The summed E-state index contributed by atoms with van der Waals surface area (Å²) in [5.74, 6) is -0.470. The first-order chi connectivity index (χ1) is 17.8. The normalized spacial score (nSPS) is 25.2. The lowest BCUT2D eigenvalue weighted by molar-refractivity contribution is -0.110. The average molecular weight is 548 g/mol. The predicted molar refractivity (Wildman–Crippen MR) is 142 cm³/mol.